The third-order valence-electron chi connectivity index (χ3n) is 6.21. The van der Waals surface area contributed by atoms with Gasteiger partial charge in [0, 0.05) is 11.6 Å². The van der Waals surface area contributed by atoms with Crippen molar-refractivity contribution >= 4 is 33.4 Å². The molecule has 0 saturated carbocycles. The minimum Gasteiger partial charge on any atom is -0.496 e. The van der Waals surface area contributed by atoms with Crippen LogP contribution in [-0.2, 0) is 21.6 Å². The zero-order valence-corrected chi connectivity index (χ0v) is 23.8. The maximum Gasteiger partial charge on any atom is 0.346 e. The molecule has 1 amide bonds. The van der Waals surface area contributed by atoms with E-state index >= 15 is 0 Å². The Morgan fingerprint density at radius 1 is 1.13 bits per heavy atom. The van der Waals surface area contributed by atoms with E-state index in [0.717, 1.165) is 15.9 Å². The van der Waals surface area contributed by atoms with E-state index in [-0.39, 0.29) is 39.3 Å². The summed E-state index contributed by atoms with van der Waals surface area (Å²) in [4.78, 5) is 53.1. The maximum absolute atomic E-state index is 14.1. The van der Waals surface area contributed by atoms with Crippen molar-refractivity contribution in [1.82, 2.24) is 14.5 Å². The van der Waals surface area contributed by atoms with E-state index in [0.29, 0.717) is 11.3 Å². The van der Waals surface area contributed by atoms with Crippen LogP contribution in [0.2, 0.25) is 0 Å². The molecule has 11 heteroatoms. The van der Waals surface area contributed by atoms with Crippen LogP contribution in [0.4, 0.5) is 0 Å². The van der Waals surface area contributed by atoms with Crippen LogP contribution >= 0.6 is 11.3 Å². The van der Waals surface area contributed by atoms with Crippen LogP contribution in [0.3, 0.4) is 0 Å². The highest BCUT2D eigenvalue weighted by Crippen LogP contribution is 2.33. The van der Waals surface area contributed by atoms with E-state index in [1.54, 1.807) is 19.9 Å². The fourth-order valence-corrected chi connectivity index (χ4v) is 5.53. The number of nitrogens with zero attached hydrogens (tertiary/aromatic N) is 2. The lowest BCUT2D eigenvalue weighted by Crippen LogP contribution is -2.56. The number of para-hydroxylation sites is 1. The molecule has 3 aromatic rings. The number of carboxylic acid groups (broad SMARTS) is 1. The van der Waals surface area contributed by atoms with Gasteiger partial charge in [-0.05, 0) is 60.1 Å². The number of fused-ring (bicyclic) bond motifs is 1. The van der Waals surface area contributed by atoms with Gasteiger partial charge in [0.1, 0.15) is 27.1 Å². The van der Waals surface area contributed by atoms with E-state index in [9.17, 15) is 24.3 Å². The van der Waals surface area contributed by atoms with E-state index in [2.05, 4.69) is 5.32 Å². The third kappa shape index (κ3) is 5.39. The first-order valence-electron chi connectivity index (χ1n) is 12.3. The van der Waals surface area contributed by atoms with Crippen molar-refractivity contribution in [3.05, 3.63) is 61.1 Å². The van der Waals surface area contributed by atoms with Gasteiger partial charge in [0.15, 0.2) is 0 Å². The van der Waals surface area contributed by atoms with Crippen molar-refractivity contribution in [1.29, 1.82) is 0 Å². The van der Waals surface area contributed by atoms with Crippen molar-refractivity contribution in [3.63, 3.8) is 0 Å². The first kappa shape index (κ1) is 29.1. The molecule has 206 valence electrons. The predicted octanol–water partition coefficient (Wildman–Crippen LogP) is 3.67. The number of hydrogen-bond donors (Lipinski definition) is 2. The normalized spacial score (nSPS) is 12.8. The number of nitrogens with one attached hydrogen (secondary N) is 1. The predicted molar refractivity (Wildman–Crippen MR) is 147 cm³/mol. The van der Waals surface area contributed by atoms with Crippen LogP contribution in [0.25, 0.3) is 10.2 Å². The van der Waals surface area contributed by atoms with Gasteiger partial charge < -0.3 is 19.9 Å². The molecule has 0 aliphatic carbocycles. The molecule has 1 aromatic carbocycles. The molecule has 0 spiro atoms. The van der Waals surface area contributed by atoms with E-state index in [1.165, 1.54) is 32.4 Å². The Balaban J connectivity index is 2.39. The molecule has 0 bridgehead atoms. The summed E-state index contributed by atoms with van der Waals surface area (Å²) < 4.78 is 14.0. The lowest BCUT2D eigenvalue weighted by atomic mass is 10.0. The lowest BCUT2D eigenvalue weighted by molar-refractivity contribution is -0.129. The Labute approximate surface area is 224 Å². The van der Waals surface area contributed by atoms with Crippen molar-refractivity contribution < 1.29 is 24.2 Å². The summed E-state index contributed by atoms with van der Waals surface area (Å²) in [6, 6.07) is 7.02. The minimum absolute atomic E-state index is 0.0466. The molecule has 0 radical (unpaired) electrons. The van der Waals surface area contributed by atoms with Gasteiger partial charge in [0.25, 0.3) is 5.56 Å². The van der Waals surface area contributed by atoms with Gasteiger partial charge in [-0.1, -0.05) is 18.2 Å². The van der Waals surface area contributed by atoms with Crippen molar-refractivity contribution in [3.8, 4) is 5.75 Å². The molecular weight excluding hydrogens is 510 g/mol. The Bertz CT molecular complexity index is 1480. The first-order chi connectivity index (χ1) is 17.7. The number of carbonyl (C=O) groups excluding carboxylic acids is 1. The highest BCUT2D eigenvalue weighted by Gasteiger charge is 2.36. The monoisotopic (exact) mass is 545 g/mol. The molecule has 3 rings (SSSR count). The number of carbonyl (C=O) groups is 2. The molecule has 0 fully saturated rings. The quantitative estimate of drug-likeness (QED) is 0.398. The van der Waals surface area contributed by atoms with Crippen LogP contribution in [0.15, 0.2) is 33.9 Å². The standard InChI is InChI=1S/C27H35N3O7S/c1-14(2)28-25(34)27(6,7)30-22(31)20-16(5)21(24(32)33)38-23(20)29(26(30)35)13-19(37-15(3)4)17-11-9-10-12-18(17)36-8/h9-12,14-15,19H,13H2,1-8H3,(H,28,34)(H,32,33). The summed E-state index contributed by atoms with van der Waals surface area (Å²) in [7, 11) is 1.54. The minimum atomic E-state index is -1.56. The summed E-state index contributed by atoms with van der Waals surface area (Å²) in [5.41, 5.74) is -2.10. The molecule has 2 heterocycles. The van der Waals surface area contributed by atoms with Crippen molar-refractivity contribution in [2.45, 2.75) is 78.8 Å². The number of aromatic nitrogens is 2. The molecule has 1 unspecified atom stereocenters. The average molecular weight is 546 g/mol. The average Bonchev–Trinajstić information content (AvgIpc) is 3.17. The summed E-state index contributed by atoms with van der Waals surface area (Å²) in [5, 5.41) is 12.6. The van der Waals surface area contributed by atoms with E-state index in [4.69, 9.17) is 9.47 Å². The second-order valence-electron chi connectivity index (χ2n) is 10.2. The number of amides is 1. The number of aryl methyl sites for hydroxylation is 1. The van der Waals surface area contributed by atoms with Gasteiger partial charge in [-0.3, -0.25) is 14.2 Å². The molecule has 1 atom stereocenters. The second kappa shape index (κ2) is 11.1. The van der Waals surface area contributed by atoms with E-state index in [1.807, 2.05) is 32.0 Å². The maximum atomic E-state index is 14.1. The van der Waals surface area contributed by atoms with Gasteiger partial charge in [-0.25, -0.2) is 14.2 Å². The van der Waals surface area contributed by atoms with Crippen LogP contribution in [-0.4, -0.2) is 45.4 Å². The van der Waals surface area contributed by atoms with Crippen LogP contribution in [0.5, 0.6) is 5.75 Å². The smallest absolute Gasteiger partial charge is 0.346 e. The summed E-state index contributed by atoms with van der Waals surface area (Å²) in [6.45, 7) is 11.7. The topological polar surface area (TPSA) is 129 Å². The van der Waals surface area contributed by atoms with Gasteiger partial charge >= 0.3 is 11.7 Å². The number of carboxylic acids is 1. The molecular formula is C27H35N3O7S. The second-order valence-corrected chi connectivity index (χ2v) is 11.2. The molecule has 0 aliphatic rings. The number of aromatic carboxylic acids is 1. The highest BCUT2D eigenvalue weighted by molar-refractivity contribution is 7.20. The highest BCUT2D eigenvalue weighted by atomic mass is 32.1. The molecule has 2 N–H and O–H groups in total. The van der Waals surface area contributed by atoms with Crippen molar-refractivity contribution in [2.24, 2.45) is 0 Å². The Morgan fingerprint density at radius 2 is 1.76 bits per heavy atom. The fraction of sp³-hybridized carbons (Fsp3) is 0.481. The summed E-state index contributed by atoms with van der Waals surface area (Å²) >= 11 is 0.854. The number of rotatable bonds is 10. The zero-order valence-electron chi connectivity index (χ0n) is 22.9. The van der Waals surface area contributed by atoms with Crippen LogP contribution in [0.1, 0.15) is 68.4 Å². The number of benzene rings is 1. The Hall–Kier alpha value is -3.44. The molecule has 0 aliphatic heterocycles. The van der Waals surface area contributed by atoms with Gasteiger partial charge in [0.2, 0.25) is 5.91 Å². The van der Waals surface area contributed by atoms with Crippen molar-refractivity contribution in [2.75, 3.05) is 7.11 Å². The summed E-state index contributed by atoms with van der Waals surface area (Å²) in [5.74, 6) is -1.16. The Kier molecular flexibility index (Phi) is 8.52. The molecule has 38 heavy (non-hydrogen) atoms. The van der Waals surface area contributed by atoms with Gasteiger partial charge in [-0.2, -0.15) is 0 Å². The van der Waals surface area contributed by atoms with Crippen LogP contribution in [0, 0.1) is 6.92 Å². The van der Waals surface area contributed by atoms with Gasteiger partial charge in [0.05, 0.1) is 25.1 Å². The summed E-state index contributed by atoms with van der Waals surface area (Å²) in [6.07, 6.45) is -0.906. The first-order valence-corrected chi connectivity index (χ1v) is 13.2. The van der Waals surface area contributed by atoms with Gasteiger partial charge in [-0.15, -0.1) is 11.3 Å². The molecule has 2 aromatic heterocycles. The van der Waals surface area contributed by atoms with E-state index < -0.39 is 34.8 Å². The molecule has 10 nitrogen and oxygen atoms in total. The number of hydrogen-bond acceptors (Lipinski definition) is 7. The fourth-order valence-electron chi connectivity index (χ4n) is 4.39. The number of ether oxygens (including phenoxy) is 2. The lowest BCUT2D eigenvalue weighted by Gasteiger charge is -2.29. The SMILES string of the molecule is COc1ccccc1C(Cn1c(=O)n(C(C)(C)C(=O)NC(C)C)c(=O)c2c(C)c(C(=O)O)sc21)OC(C)C. The van der Waals surface area contributed by atoms with Crippen LogP contribution < -0.4 is 21.3 Å². The number of methoxy groups -OCH3 is 1. The number of thiophene rings is 1. The zero-order chi connectivity index (χ0) is 28.5. The largest absolute Gasteiger partial charge is 0.496 e. The Morgan fingerprint density at radius 3 is 2.32 bits per heavy atom. The third-order valence-corrected chi connectivity index (χ3v) is 7.51. The molecule has 0 saturated heterocycles.